The fourth-order valence-electron chi connectivity index (χ4n) is 3.84. The van der Waals surface area contributed by atoms with Gasteiger partial charge in [0.15, 0.2) is 18.1 Å². The molecule has 1 aliphatic rings. The van der Waals surface area contributed by atoms with Gasteiger partial charge >= 0.3 is 0 Å². The molecule has 2 heterocycles. The van der Waals surface area contributed by atoms with Gasteiger partial charge in [0.2, 0.25) is 0 Å². The maximum Gasteiger partial charge on any atom is 0.273 e. The third-order valence-corrected chi connectivity index (χ3v) is 6.05. The molecule has 0 aliphatic carbocycles. The number of rotatable bonds is 5. The lowest BCUT2D eigenvalue weighted by Gasteiger charge is -2.26. The molecule has 10 nitrogen and oxygen atoms in total. The van der Waals surface area contributed by atoms with Gasteiger partial charge < -0.3 is 20.7 Å². The zero-order valence-corrected chi connectivity index (χ0v) is 22.9. The van der Waals surface area contributed by atoms with Crippen LogP contribution in [0.5, 0.6) is 5.75 Å². The summed E-state index contributed by atoms with van der Waals surface area (Å²) >= 11 is 0. The maximum atomic E-state index is 13.3. The standard InChI is InChI=1S/C28H34N6O4/c1-16-8-9-17(10-22(16)34-13-21(32-33-34)26(37)29-15-27(2,3)4)25(36)31-20-12-18(28(5,6)7)11-19-24(20)38-14-23(35)30-19/h8-13H,14-15H2,1-7H3,(H,29,37)(H,30,35)(H,31,36). The van der Waals surface area contributed by atoms with Crippen molar-refractivity contribution in [2.45, 2.75) is 53.9 Å². The van der Waals surface area contributed by atoms with Crippen LogP contribution in [0.2, 0.25) is 0 Å². The summed E-state index contributed by atoms with van der Waals surface area (Å²) in [4.78, 5) is 37.8. The fraction of sp³-hybridized carbons (Fsp3) is 0.393. The van der Waals surface area contributed by atoms with Crippen LogP contribution in [0.4, 0.5) is 11.4 Å². The molecular formula is C28H34N6O4. The van der Waals surface area contributed by atoms with E-state index in [-0.39, 0.29) is 40.9 Å². The van der Waals surface area contributed by atoms with Crippen molar-refractivity contribution in [3.8, 4) is 11.4 Å². The molecule has 200 valence electrons. The van der Waals surface area contributed by atoms with Crippen LogP contribution < -0.4 is 20.7 Å². The summed E-state index contributed by atoms with van der Waals surface area (Å²) in [6, 6.07) is 8.95. The van der Waals surface area contributed by atoms with Gasteiger partial charge in [0.05, 0.1) is 23.3 Å². The fourth-order valence-corrected chi connectivity index (χ4v) is 3.84. The lowest BCUT2D eigenvalue weighted by atomic mass is 9.86. The lowest BCUT2D eigenvalue weighted by molar-refractivity contribution is -0.118. The molecule has 0 radical (unpaired) electrons. The molecule has 3 amide bonds. The van der Waals surface area contributed by atoms with E-state index in [1.54, 1.807) is 18.3 Å². The number of nitrogens with one attached hydrogen (secondary N) is 3. The Labute approximate surface area is 222 Å². The molecular weight excluding hydrogens is 484 g/mol. The molecule has 0 saturated carbocycles. The average Bonchev–Trinajstić information content (AvgIpc) is 3.31. The summed E-state index contributed by atoms with van der Waals surface area (Å²) in [7, 11) is 0. The third-order valence-electron chi connectivity index (χ3n) is 6.05. The second-order valence-corrected chi connectivity index (χ2v) is 11.7. The van der Waals surface area contributed by atoms with Crippen LogP contribution in [0.3, 0.4) is 0 Å². The van der Waals surface area contributed by atoms with Crippen molar-refractivity contribution in [1.82, 2.24) is 20.3 Å². The molecule has 0 bridgehead atoms. The number of amides is 3. The number of nitrogens with zero attached hydrogens (tertiary/aromatic N) is 3. The van der Waals surface area contributed by atoms with Crippen molar-refractivity contribution in [1.29, 1.82) is 0 Å². The Morgan fingerprint density at radius 1 is 1.08 bits per heavy atom. The van der Waals surface area contributed by atoms with Crippen LogP contribution in [0.1, 0.15) is 73.5 Å². The second kappa shape index (κ2) is 9.92. The predicted molar refractivity (Wildman–Crippen MR) is 145 cm³/mol. The highest BCUT2D eigenvalue weighted by Crippen LogP contribution is 2.40. The van der Waals surface area contributed by atoms with E-state index in [1.165, 1.54) is 4.68 Å². The van der Waals surface area contributed by atoms with Crippen LogP contribution in [0, 0.1) is 12.3 Å². The SMILES string of the molecule is Cc1ccc(C(=O)Nc2cc(C(C)(C)C)cc3c2OCC(=O)N3)cc1-n1cc(C(=O)NCC(C)(C)C)nn1. The zero-order chi connectivity index (χ0) is 27.8. The number of fused-ring (bicyclic) bond motifs is 1. The predicted octanol–water partition coefficient (Wildman–Crippen LogP) is 4.23. The molecule has 1 aliphatic heterocycles. The number of ether oxygens (including phenoxy) is 1. The second-order valence-electron chi connectivity index (χ2n) is 11.7. The Bertz CT molecular complexity index is 1410. The minimum absolute atomic E-state index is 0.0633. The molecule has 1 aromatic heterocycles. The molecule has 38 heavy (non-hydrogen) atoms. The molecule has 10 heteroatoms. The van der Waals surface area contributed by atoms with E-state index in [9.17, 15) is 14.4 Å². The van der Waals surface area contributed by atoms with Crippen LogP contribution in [0.25, 0.3) is 5.69 Å². The number of carbonyl (C=O) groups is 3. The summed E-state index contributed by atoms with van der Waals surface area (Å²) < 4.78 is 7.15. The van der Waals surface area contributed by atoms with Gasteiger partial charge in [0, 0.05) is 12.1 Å². The molecule has 3 aromatic rings. The van der Waals surface area contributed by atoms with E-state index in [0.29, 0.717) is 34.9 Å². The molecule has 0 fully saturated rings. The largest absolute Gasteiger partial charge is 0.479 e. The number of benzene rings is 2. The van der Waals surface area contributed by atoms with Crippen molar-refractivity contribution in [2.24, 2.45) is 5.41 Å². The number of aryl methyl sites for hydroxylation is 1. The van der Waals surface area contributed by atoms with Gasteiger partial charge in [0.25, 0.3) is 17.7 Å². The summed E-state index contributed by atoms with van der Waals surface area (Å²) in [5.74, 6) is -0.500. The van der Waals surface area contributed by atoms with E-state index >= 15 is 0 Å². The Hall–Kier alpha value is -4.21. The minimum Gasteiger partial charge on any atom is -0.479 e. The Kier molecular flexibility index (Phi) is 7.01. The first kappa shape index (κ1) is 26.8. The van der Waals surface area contributed by atoms with E-state index in [1.807, 2.05) is 66.7 Å². The van der Waals surface area contributed by atoms with E-state index < -0.39 is 0 Å². The number of aromatic nitrogens is 3. The number of hydrogen-bond donors (Lipinski definition) is 3. The van der Waals surface area contributed by atoms with Crippen LogP contribution in [-0.4, -0.2) is 45.9 Å². The minimum atomic E-state index is -0.358. The summed E-state index contributed by atoms with van der Waals surface area (Å²) in [6.07, 6.45) is 1.54. The molecule has 2 aromatic carbocycles. The Balaban J connectivity index is 1.60. The maximum absolute atomic E-state index is 13.3. The van der Waals surface area contributed by atoms with Crippen molar-refractivity contribution in [2.75, 3.05) is 23.8 Å². The van der Waals surface area contributed by atoms with Crippen molar-refractivity contribution >= 4 is 29.1 Å². The molecule has 4 rings (SSSR count). The summed E-state index contributed by atoms with van der Waals surface area (Å²) in [5.41, 5.74) is 3.68. The van der Waals surface area contributed by atoms with Gasteiger partial charge in [-0.15, -0.1) is 5.10 Å². The molecule has 3 N–H and O–H groups in total. The summed E-state index contributed by atoms with van der Waals surface area (Å²) in [5, 5.41) is 16.8. The van der Waals surface area contributed by atoms with Crippen LogP contribution in [-0.2, 0) is 10.2 Å². The molecule has 0 saturated heterocycles. The van der Waals surface area contributed by atoms with Crippen LogP contribution >= 0.6 is 0 Å². The Morgan fingerprint density at radius 3 is 2.50 bits per heavy atom. The van der Waals surface area contributed by atoms with Gasteiger partial charge in [-0.1, -0.05) is 52.8 Å². The summed E-state index contributed by atoms with van der Waals surface area (Å²) in [6.45, 7) is 14.5. The molecule has 0 spiro atoms. The van der Waals surface area contributed by atoms with E-state index in [4.69, 9.17) is 4.74 Å². The highest BCUT2D eigenvalue weighted by molar-refractivity contribution is 6.07. The highest BCUT2D eigenvalue weighted by atomic mass is 16.5. The first-order chi connectivity index (χ1) is 17.7. The monoisotopic (exact) mass is 518 g/mol. The number of carbonyl (C=O) groups excluding carboxylic acids is 3. The molecule has 0 unspecified atom stereocenters. The van der Waals surface area contributed by atoms with Gasteiger partial charge in [-0.2, -0.15) is 0 Å². The smallest absolute Gasteiger partial charge is 0.273 e. The van der Waals surface area contributed by atoms with Crippen LogP contribution in [0.15, 0.2) is 36.5 Å². The van der Waals surface area contributed by atoms with Crippen molar-refractivity contribution in [3.63, 3.8) is 0 Å². The van der Waals surface area contributed by atoms with Gasteiger partial charge in [-0.3, -0.25) is 14.4 Å². The van der Waals surface area contributed by atoms with Gasteiger partial charge in [-0.25, -0.2) is 4.68 Å². The highest BCUT2D eigenvalue weighted by Gasteiger charge is 2.25. The van der Waals surface area contributed by atoms with Gasteiger partial charge in [-0.05, 0) is 53.1 Å². The van der Waals surface area contributed by atoms with E-state index in [0.717, 1.165) is 11.1 Å². The van der Waals surface area contributed by atoms with Gasteiger partial charge in [0.1, 0.15) is 0 Å². The molecule has 0 atom stereocenters. The topological polar surface area (TPSA) is 127 Å². The number of anilines is 2. The first-order valence-electron chi connectivity index (χ1n) is 12.5. The van der Waals surface area contributed by atoms with E-state index in [2.05, 4.69) is 26.3 Å². The number of hydrogen-bond acceptors (Lipinski definition) is 6. The first-order valence-corrected chi connectivity index (χ1v) is 12.5. The lowest BCUT2D eigenvalue weighted by Crippen LogP contribution is -2.32. The van der Waals surface area contributed by atoms with Crippen molar-refractivity contribution in [3.05, 3.63) is 58.9 Å². The Morgan fingerprint density at radius 2 is 1.82 bits per heavy atom. The van der Waals surface area contributed by atoms with Crippen molar-refractivity contribution < 1.29 is 19.1 Å². The zero-order valence-electron chi connectivity index (χ0n) is 22.9. The normalized spacial score (nSPS) is 13.3. The third kappa shape index (κ3) is 6.01. The quantitative estimate of drug-likeness (QED) is 0.464. The average molecular weight is 519 g/mol.